The number of hydrogen-bond donors (Lipinski definition) is 0. The van der Waals surface area contributed by atoms with Crippen LogP contribution in [0.5, 0.6) is 0 Å². The second-order valence-corrected chi connectivity index (χ2v) is 15.3. The van der Waals surface area contributed by atoms with Gasteiger partial charge in [0.25, 0.3) is 0 Å². The minimum atomic E-state index is -0.0445. The molecule has 0 bridgehead atoms. The highest BCUT2D eigenvalue weighted by molar-refractivity contribution is 6.04. The van der Waals surface area contributed by atoms with Crippen molar-refractivity contribution in [3.8, 4) is 45.2 Å². The van der Waals surface area contributed by atoms with Crippen LogP contribution >= 0.6 is 0 Å². The highest BCUT2D eigenvalue weighted by Gasteiger charge is 2.35. The van der Waals surface area contributed by atoms with E-state index in [2.05, 4.69) is 183 Å². The first-order valence-corrected chi connectivity index (χ1v) is 20.5. The first kappa shape index (κ1) is 38.4. The maximum absolute atomic E-state index is 6.03. The second kappa shape index (κ2) is 17.3. The molecule has 0 N–H and O–H groups in total. The minimum absolute atomic E-state index is 0.0201. The zero-order valence-corrected chi connectivity index (χ0v) is 33.8. The van der Waals surface area contributed by atoms with Gasteiger partial charge in [0.15, 0.2) is 5.58 Å². The fourth-order valence-corrected chi connectivity index (χ4v) is 8.36. The van der Waals surface area contributed by atoms with E-state index in [4.69, 9.17) is 4.42 Å². The van der Waals surface area contributed by atoms with Crippen LogP contribution in [0, 0.1) is 11.8 Å². The topological polar surface area (TPSA) is 29.3 Å². The molecule has 0 aliphatic heterocycles. The van der Waals surface area contributed by atoms with E-state index in [9.17, 15) is 0 Å². The van der Waals surface area contributed by atoms with Gasteiger partial charge in [-0.1, -0.05) is 147 Å². The molecular formula is C55H50N2O. The Hall–Kier alpha value is -6.47. The number of nitrogens with zero attached hydrogens (tertiary/aromatic N) is 2. The standard InChI is InChI=1S/C55H50N2O/c1-5-8-10-34-57(33-9-6-2)55(4)31-30-49(38-50(55)7-3)41-19-11-17-40(18-12-20-41)42-21-13-22-43(35-42)44-23-14-24-45(36-44)46-25-15-26-47(37-46)48-28-29-52-51(39-48)54-53(58-52)27-16-32-56-54/h5-6,8-11,13-17,19,21-30,32,35-40H,1,7,20,31,33-34H2,2-4H3/b9-6-,10-8-,17-11-,41-19+. The molecule has 2 aliphatic rings. The van der Waals surface area contributed by atoms with Gasteiger partial charge in [0.2, 0.25) is 0 Å². The maximum Gasteiger partial charge on any atom is 0.153 e. The minimum Gasteiger partial charge on any atom is -0.454 e. The van der Waals surface area contributed by atoms with Crippen LogP contribution in [0.4, 0.5) is 0 Å². The van der Waals surface area contributed by atoms with Crippen LogP contribution in [0.2, 0.25) is 0 Å². The summed E-state index contributed by atoms with van der Waals surface area (Å²) in [6.45, 7) is 12.4. The molecule has 0 saturated heterocycles. The van der Waals surface area contributed by atoms with Crippen molar-refractivity contribution in [2.24, 2.45) is 0 Å². The van der Waals surface area contributed by atoms with E-state index in [1.807, 2.05) is 36.5 Å². The van der Waals surface area contributed by atoms with Gasteiger partial charge in [-0.25, -0.2) is 0 Å². The lowest BCUT2D eigenvalue weighted by atomic mass is 9.77. The number of hydrogen-bond acceptors (Lipinski definition) is 3. The predicted octanol–water partition coefficient (Wildman–Crippen LogP) is 14.0. The van der Waals surface area contributed by atoms with Crippen LogP contribution in [0.25, 0.3) is 55.4 Å². The zero-order valence-electron chi connectivity index (χ0n) is 33.8. The molecule has 286 valence electrons. The molecule has 2 atom stereocenters. The molecule has 2 heterocycles. The van der Waals surface area contributed by atoms with E-state index in [-0.39, 0.29) is 11.5 Å². The summed E-state index contributed by atoms with van der Waals surface area (Å²) in [4.78, 5) is 7.15. The Morgan fingerprint density at radius 2 is 1.55 bits per heavy atom. The normalized spacial score (nSPS) is 19.7. The first-order valence-electron chi connectivity index (χ1n) is 20.5. The molecule has 2 unspecified atom stereocenters. The average Bonchev–Trinajstić information content (AvgIpc) is 3.63. The molecule has 3 heteroatoms. The number of benzene rings is 4. The lowest BCUT2D eigenvalue weighted by Crippen LogP contribution is -2.48. The van der Waals surface area contributed by atoms with Gasteiger partial charge in [0.1, 0.15) is 11.1 Å². The molecule has 0 fully saturated rings. The van der Waals surface area contributed by atoms with E-state index in [0.717, 1.165) is 65.5 Å². The summed E-state index contributed by atoms with van der Waals surface area (Å²) >= 11 is 0. The molecule has 4 aromatic carbocycles. The van der Waals surface area contributed by atoms with Crippen molar-refractivity contribution in [2.45, 2.75) is 51.5 Å². The Kier molecular flexibility index (Phi) is 11.5. The molecule has 0 radical (unpaired) electrons. The van der Waals surface area contributed by atoms with Gasteiger partial charge in [-0.05, 0) is 125 Å². The molecular weight excluding hydrogens is 705 g/mol. The van der Waals surface area contributed by atoms with E-state index in [1.165, 1.54) is 44.5 Å². The summed E-state index contributed by atoms with van der Waals surface area (Å²) in [5.74, 6) is 7.19. The third-order valence-corrected chi connectivity index (χ3v) is 11.7. The third kappa shape index (κ3) is 8.03. The number of allylic oxidation sites excluding steroid dienone is 9. The van der Waals surface area contributed by atoms with Crippen LogP contribution in [0.1, 0.15) is 51.5 Å². The SMILES string of the molecule is C=C/C=C\CN(C/C=C\C)C1(C)CC=C(/C2=C/C=C\C(c3cccc(-c4cccc(-c5cccc(-c6ccc7oc8cccnc8c7c6)c5)c4)c3)C#CC2)C=C1CC. The first-order chi connectivity index (χ1) is 28.5. The fourth-order valence-electron chi connectivity index (χ4n) is 8.36. The van der Waals surface area contributed by atoms with E-state index in [1.54, 1.807) is 0 Å². The predicted molar refractivity (Wildman–Crippen MR) is 245 cm³/mol. The zero-order chi connectivity index (χ0) is 39.9. The molecule has 3 nitrogen and oxygen atoms in total. The molecule has 2 aromatic heterocycles. The molecule has 0 amide bonds. The molecule has 0 spiro atoms. The molecule has 2 aliphatic carbocycles. The van der Waals surface area contributed by atoms with Gasteiger partial charge in [0.05, 0.1) is 5.92 Å². The lowest BCUT2D eigenvalue weighted by molar-refractivity contribution is 0.167. The van der Waals surface area contributed by atoms with Crippen molar-refractivity contribution in [1.29, 1.82) is 0 Å². The monoisotopic (exact) mass is 754 g/mol. The van der Waals surface area contributed by atoms with Crippen molar-refractivity contribution < 1.29 is 4.42 Å². The maximum atomic E-state index is 6.03. The van der Waals surface area contributed by atoms with Crippen molar-refractivity contribution >= 4 is 22.1 Å². The van der Waals surface area contributed by atoms with Crippen LogP contribution in [-0.2, 0) is 0 Å². The lowest BCUT2D eigenvalue weighted by Gasteiger charge is -2.44. The molecule has 8 rings (SSSR count). The fraction of sp³-hybridized carbons (Fsp3) is 0.182. The highest BCUT2D eigenvalue weighted by atomic mass is 16.3. The summed E-state index contributed by atoms with van der Waals surface area (Å²) in [7, 11) is 0. The number of pyridine rings is 1. The van der Waals surface area contributed by atoms with E-state index < -0.39 is 0 Å². The summed E-state index contributed by atoms with van der Waals surface area (Å²) < 4.78 is 6.03. The Labute approximate surface area is 343 Å². The van der Waals surface area contributed by atoms with Crippen LogP contribution in [-0.4, -0.2) is 28.5 Å². The number of fused-ring (bicyclic) bond motifs is 3. The largest absolute Gasteiger partial charge is 0.454 e. The van der Waals surface area contributed by atoms with Crippen LogP contribution in [0.15, 0.2) is 198 Å². The third-order valence-electron chi connectivity index (χ3n) is 11.7. The number of rotatable bonds is 12. The Morgan fingerprint density at radius 1 is 0.845 bits per heavy atom. The number of aromatic nitrogens is 1. The van der Waals surface area contributed by atoms with Gasteiger partial charge in [-0.3, -0.25) is 9.88 Å². The van der Waals surface area contributed by atoms with Gasteiger partial charge in [-0.2, -0.15) is 0 Å². The van der Waals surface area contributed by atoms with Gasteiger partial charge in [0, 0.05) is 36.6 Å². The van der Waals surface area contributed by atoms with Crippen LogP contribution < -0.4 is 0 Å². The van der Waals surface area contributed by atoms with E-state index in [0.29, 0.717) is 0 Å². The summed E-state index contributed by atoms with van der Waals surface area (Å²) in [5, 5.41) is 1.03. The van der Waals surface area contributed by atoms with Crippen molar-refractivity contribution in [2.75, 3.05) is 13.1 Å². The van der Waals surface area contributed by atoms with Crippen molar-refractivity contribution in [1.82, 2.24) is 9.88 Å². The van der Waals surface area contributed by atoms with E-state index >= 15 is 0 Å². The molecule has 6 aromatic rings. The Morgan fingerprint density at radius 3 is 2.28 bits per heavy atom. The van der Waals surface area contributed by atoms with Gasteiger partial charge < -0.3 is 4.42 Å². The molecule has 0 saturated carbocycles. The Bertz CT molecular complexity index is 2740. The van der Waals surface area contributed by atoms with Crippen LogP contribution in [0.3, 0.4) is 0 Å². The van der Waals surface area contributed by atoms with Crippen molar-refractivity contribution in [3.63, 3.8) is 0 Å². The van der Waals surface area contributed by atoms with Gasteiger partial charge >= 0.3 is 0 Å². The van der Waals surface area contributed by atoms with Crippen molar-refractivity contribution in [3.05, 3.63) is 199 Å². The van der Waals surface area contributed by atoms with Gasteiger partial charge in [-0.15, -0.1) is 0 Å². The Balaban J connectivity index is 0.998. The molecule has 58 heavy (non-hydrogen) atoms. The highest BCUT2D eigenvalue weighted by Crippen LogP contribution is 2.39. The smallest absolute Gasteiger partial charge is 0.153 e. The quantitative estimate of drug-likeness (QED) is 0.0708. The summed E-state index contributed by atoms with van der Waals surface area (Å²) in [6, 6.07) is 36.7. The average molecular weight is 755 g/mol. The summed E-state index contributed by atoms with van der Waals surface area (Å²) in [5.41, 5.74) is 14.8. The second-order valence-electron chi connectivity index (χ2n) is 15.3. The number of furan rings is 1. The summed E-state index contributed by atoms with van der Waals surface area (Å²) in [6.07, 6.45) is 26.6.